The number of rotatable bonds is 7. The molecule has 0 aliphatic heterocycles. The minimum Gasteiger partial charge on any atom is -0.493 e. The van der Waals surface area contributed by atoms with Crippen molar-refractivity contribution in [3.8, 4) is 11.5 Å². The molecule has 0 aliphatic rings. The molecule has 8 heteroatoms. The molecule has 30 heavy (non-hydrogen) atoms. The van der Waals surface area contributed by atoms with Gasteiger partial charge in [-0.25, -0.2) is 5.43 Å². The summed E-state index contributed by atoms with van der Waals surface area (Å²) in [5, 5.41) is 5.10. The normalized spacial score (nSPS) is 10.8. The Kier molecular flexibility index (Phi) is 7.74. The smallest absolute Gasteiger partial charge is 0.271 e. The minimum atomic E-state index is -0.306. The standard InChI is InChI=1S/C22H17BrCl2N2O3/c1-29-21-9-14(12-26-27-22(28)15-3-2-4-17(23)10-15)5-8-20(21)30-13-16-6-7-18(24)11-19(16)25/h2-12H,13H2,1H3,(H,27,28)/b26-12-. The van der Waals surface area contributed by atoms with E-state index in [2.05, 4.69) is 26.5 Å². The highest BCUT2D eigenvalue weighted by Crippen LogP contribution is 2.29. The van der Waals surface area contributed by atoms with Crippen molar-refractivity contribution in [2.24, 2.45) is 5.10 Å². The molecule has 0 fully saturated rings. The number of methoxy groups -OCH3 is 1. The Bertz CT molecular complexity index is 1090. The summed E-state index contributed by atoms with van der Waals surface area (Å²) in [6.07, 6.45) is 1.53. The number of hydrogen-bond donors (Lipinski definition) is 1. The first-order valence-corrected chi connectivity index (χ1v) is 10.3. The number of halogens is 3. The molecule has 1 amide bonds. The molecule has 1 N–H and O–H groups in total. The first-order chi connectivity index (χ1) is 14.5. The van der Waals surface area contributed by atoms with Crippen LogP contribution in [0.25, 0.3) is 0 Å². The van der Waals surface area contributed by atoms with Crippen molar-refractivity contribution in [2.45, 2.75) is 6.61 Å². The molecular formula is C22H17BrCl2N2O3. The maximum atomic E-state index is 12.1. The van der Waals surface area contributed by atoms with Crippen LogP contribution in [-0.4, -0.2) is 19.2 Å². The van der Waals surface area contributed by atoms with Crippen molar-refractivity contribution >= 4 is 51.3 Å². The molecule has 0 saturated heterocycles. The molecule has 0 spiro atoms. The summed E-state index contributed by atoms with van der Waals surface area (Å²) >= 11 is 15.4. The monoisotopic (exact) mass is 506 g/mol. The van der Waals surface area contributed by atoms with Gasteiger partial charge in [-0.3, -0.25) is 4.79 Å². The van der Waals surface area contributed by atoms with Gasteiger partial charge in [-0.15, -0.1) is 0 Å². The molecule has 0 bridgehead atoms. The molecule has 0 aromatic heterocycles. The van der Waals surface area contributed by atoms with Crippen LogP contribution >= 0.6 is 39.1 Å². The Morgan fingerprint density at radius 2 is 1.93 bits per heavy atom. The first-order valence-electron chi connectivity index (χ1n) is 8.80. The summed E-state index contributed by atoms with van der Waals surface area (Å²) < 4.78 is 12.0. The third-order valence-electron chi connectivity index (χ3n) is 4.05. The van der Waals surface area contributed by atoms with Crippen molar-refractivity contribution in [3.63, 3.8) is 0 Å². The number of carbonyl (C=O) groups is 1. The second kappa shape index (κ2) is 10.5. The Morgan fingerprint density at radius 3 is 2.67 bits per heavy atom. The van der Waals surface area contributed by atoms with Crippen LogP contribution in [0.1, 0.15) is 21.5 Å². The van der Waals surface area contributed by atoms with Crippen molar-refractivity contribution in [1.29, 1.82) is 0 Å². The van der Waals surface area contributed by atoms with Gasteiger partial charge < -0.3 is 9.47 Å². The number of nitrogens with one attached hydrogen (secondary N) is 1. The third kappa shape index (κ3) is 5.98. The van der Waals surface area contributed by atoms with Gasteiger partial charge in [0, 0.05) is 25.6 Å². The quantitative estimate of drug-likeness (QED) is 0.310. The van der Waals surface area contributed by atoms with Crippen LogP contribution < -0.4 is 14.9 Å². The van der Waals surface area contributed by atoms with Crippen LogP contribution in [0.5, 0.6) is 11.5 Å². The summed E-state index contributed by atoms with van der Waals surface area (Å²) in [5.41, 5.74) is 4.54. The average molecular weight is 508 g/mol. The van der Waals surface area contributed by atoms with Gasteiger partial charge in [0.25, 0.3) is 5.91 Å². The van der Waals surface area contributed by atoms with E-state index in [0.29, 0.717) is 27.1 Å². The zero-order chi connectivity index (χ0) is 21.5. The van der Waals surface area contributed by atoms with E-state index in [1.54, 1.807) is 55.6 Å². The van der Waals surface area contributed by atoms with E-state index < -0.39 is 0 Å². The summed E-state index contributed by atoms with van der Waals surface area (Å²) in [4.78, 5) is 12.1. The molecule has 0 radical (unpaired) electrons. The Hall–Kier alpha value is -2.54. The lowest BCUT2D eigenvalue weighted by atomic mass is 10.2. The van der Waals surface area contributed by atoms with Crippen molar-refractivity contribution in [2.75, 3.05) is 7.11 Å². The van der Waals surface area contributed by atoms with Crippen LogP contribution in [0.4, 0.5) is 0 Å². The molecule has 3 rings (SSSR count). The highest BCUT2D eigenvalue weighted by molar-refractivity contribution is 9.10. The van der Waals surface area contributed by atoms with Gasteiger partial charge in [0.2, 0.25) is 0 Å². The molecular weight excluding hydrogens is 491 g/mol. The van der Waals surface area contributed by atoms with E-state index >= 15 is 0 Å². The lowest BCUT2D eigenvalue weighted by molar-refractivity contribution is 0.0955. The van der Waals surface area contributed by atoms with E-state index in [0.717, 1.165) is 15.6 Å². The molecule has 0 atom stereocenters. The lowest BCUT2D eigenvalue weighted by Gasteiger charge is -2.12. The van der Waals surface area contributed by atoms with E-state index in [9.17, 15) is 4.79 Å². The molecule has 3 aromatic rings. The third-order valence-corrected chi connectivity index (χ3v) is 5.13. The maximum absolute atomic E-state index is 12.1. The summed E-state index contributed by atoms with van der Waals surface area (Å²) in [7, 11) is 1.55. The Balaban J connectivity index is 1.64. The SMILES string of the molecule is COc1cc(/C=N\NC(=O)c2cccc(Br)c2)ccc1OCc1ccc(Cl)cc1Cl. The fourth-order valence-corrected chi connectivity index (χ4v) is 3.40. The highest BCUT2D eigenvalue weighted by Gasteiger charge is 2.08. The fraction of sp³-hybridized carbons (Fsp3) is 0.0909. The number of carbonyl (C=O) groups excluding carboxylic acids is 1. The van der Waals surface area contributed by atoms with Crippen LogP contribution in [0.2, 0.25) is 10.0 Å². The van der Waals surface area contributed by atoms with E-state index in [-0.39, 0.29) is 12.5 Å². The van der Waals surface area contributed by atoms with E-state index in [1.165, 1.54) is 6.21 Å². The van der Waals surface area contributed by atoms with Gasteiger partial charge in [-0.05, 0) is 54.1 Å². The number of benzene rings is 3. The second-order valence-electron chi connectivity index (χ2n) is 6.14. The summed E-state index contributed by atoms with van der Waals surface area (Å²) in [6, 6.07) is 17.6. The first kappa shape index (κ1) is 22.2. The second-order valence-corrected chi connectivity index (χ2v) is 7.90. The van der Waals surface area contributed by atoms with Crippen LogP contribution in [0.3, 0.4) is 0 Å². The van der Waals surface area contributed by atoms with Crippen LogP contribution in [-0.2, 0) is 6.61 Å². The molecule has 0 saturated carbocycles. The highest BCUT2D eigenvalue weighted by atomic mass is 79.9. The van der Waals surface area contributed by atoms with Gasteiger partial charge in [-0.2, -0.15) is 5.10 Å². The average Bonchev–Trinajstić information content (AvgIpc) is 2.73. The zero-order valence-electron chi connectivity index (χ0n) is 15.9. The van der Waals surface area contributed by atoms with Gasteiger partial charge >= 0.3 is 0 Å². The number of ether oxygens (including phenoxy) is 2. The van der Waals surface area contributed by atoms with Gasteiger partial charge in [0.05, 0.1) is 13.3 Å². The minimum absolute atomic E-state index is 0.266. The molecule has 0 unspecified atom stereocenters. The van der Waals surface area contributed by atoms with Crippen LogP contribution in [0, 0.1) is 0 Å². The van der Waals surface area contributed by atoms with Crippen LogP contribution in [0.15, 0.2) is 70.2 Å². The molecule has 154 valence electrons. The fourth-order valence-electron chi connectivity index (χ4n) is 2.54. The van der Waals surface area contributed by atoms with E-state index in [1.807, 2.05) is 12.1 Å². The number of amides is 1. The molecule has 5 nitrogen and oxygen atoms in total. The zero-order valence-corrected chi connectivity index (χ0v) is 19.0. The van der Waals surface area contributed by atoms with Gasteiger partial charge in [-0.1, -0.05) is 51.3 Å². The largest absolute Gasteiger partial charge is 0.493 e. The van der Waals surface area contributed by atoms with Crippen molar-refractivity contribution < 1.29 is 14.3 Å². The van der Waals surface area contributed by atoms with Crippen molar-refractivity contribution in [3.05, 3.63) is 91.9 Å². The predicted octanol–water partition coefficient (Wildman–Crippen LogP) is 6.11. The summed E-state index contributed by atoms with van der Waals surface area (Å²) in [5.74, 6) is 0.778. The molecule has 0 aliphatic carbocycles. The van der Waals surface area contributed by atoms with Gasteiger partial charge in [0.1, 0.15) is 6.61 Å². The molecule has 0 heterocycles. The number of nitrogens with zero attached hydrogens (tertiary/aromatic N) is 1. The Labute approximate surface area is 192 Å². The van der Waals surface area contributed by atoms with E-state index in [4.69, 9.17) is 32.7 Å². The molecule has 3 aromatic carbocycles. The number of hydrogen-bond acceptors (Lipinski definition) is 4. The topological polar surface area (TPSA) is 59.9 Å². The number of hydrazone groups is 1. The van der Waals surface area contributed by atoms with Gasteiger partial charge in [0.15, 0.2) is 11.5 Å². The summed E-state index contributed by atoms with van der Waals surface area (Å²) in [6.45, 7) is 0.266. The van der Waals surface area contributed by atoms with Crippen molar-refractivity contribution in [1.82, 2.24) is 5.43 Å². The predicted molar refractivity (Wildman–Crippen MR) is 123 cm³/mol. The lowest BCUT2D eigenvalue weighted by Crippen LogP contribution is -2.17. The Morgan fingerprint density at radius 1 is 1.10 bits per heavy atom. The maximum Gasteiger partial charge on any atom is 0.271 e.